The molecule has 0 saturated carbocycles. The Hall–Kier alpha value is -1.32. The molecular formula is C13H22O4. The first-order valence-corrected chi connectivity index (χ1v) is 6.20. The van der Waals surface area contributed by atoms with Crippen LogP contribution in [0.25, 0.3) is 0 Å². The van der Waals surface area contributed by atoms with E-state index in [0.29, 0.717) is 0 Å². The van der Waals surface area contributed by atoms with Gasteiger partial charge in [0, 0.05) is 11.6 Å². The van der Waals surface area contributed by atoms with E-state index in [-0.39, 0.29) is 11.5 Å². The van der Waals surface area contributed by atoms with Crippen LogP contribution in [-0.4, -0.2) is 22.2 Å². The minimum absolute atomic E-state index is 0.0411. The summed E-state index contributed by atoms with van der Waals surface area (Å²) in [5, 5.41) is 17.8. The van der Waals surface area contributed by atoms with Gasteiger partial charge >= 0.3 is 11.9 Å². The lowest BCUT2D eigenvalue weighted by Crippen LogP contribution is -2.15. The van der Waals surface area contributed by atoms with Crippen LogP contribution in [0.1, 0.15) is 52.4 Å². The summed E-state index contributed by atoms with van der Waals surface area (Å²) in [7, 11) is 0. The van der Waals surface area contributed by atoms with Gasteiger partial charge in [0.2, 0.25) is 0 Å². The fourth-order valence-electron chi connectivity index (χ4n) is 1.84. The molecule has 0 fully saturated rings. The Morgan fingerprint density at radius 1 is 1.06 bits per heavy atom. The minimum atomic E-state index is -1.18. The van der Waals surface area contributed by atoms with Crippen LogP contribution in [0.15, 0.2) is 11.6 Å². The Morgan fingerprint density at radius 2 is 1.53 bits per heavy atom. The van der Waals surface area contributed by atoms with E-state index in [1.807, 2.05) is 13.8 Å². The molecule has 4 nitrogen and oxygen atoms in total. The van der Waals surface area contributed by atoms with Gasteiger partial charge in [0.25, 0.3) is 0 Å². The Balaban J connectivity index is 4.79. The molecule has 0 aliphatic heterocycles. The van der Waals surface area contributed by atoms with Crippen LogP contribution in [0.4, 0.5) is 0 Å². The lowest BCUT2D eigenvalue weighted by Gasteiger charge is -2.16. The van der Waals surface area contributed by atoms with Gasteiger partial charge in [-0.25, -0.2) is 9.59 Å². The lowest BCUT2D eigenvalue weighted by molar-refractivity contribution is -0.135. The van der Waals surface area contributed by atoms with E-state index in [9.17, 15) is 9.59 Å². The summed E-state index contributed by atoms with van der Waals surface area (Å²) in [5.41, 5.74) is 0.0411. The Morgan fingerprint density at radius 3 is 1.82 bits per heavy atom. The fraction of sp³-hybridized carbons (Fsp3) is 0.692. The third-order valence-electron chi connectivity index (χ3n) is 2.78. The largest absolute Gasteiger partial charge is 0.478 e. The van der Waals surface area contributed by atoms with Gasteiger partial charge in [-0.2, -0.15) is 0 Å². The fourth-order valence-corrected chi connectivity index (χ4v) is 1.84. The van der Waals surface area contributed by atoms with E-state index in [4.69, 9.17) is 10.2 Å². The zero-order valence-electron chi connectivity index (χ0n) is 10.6. The Kier molecular flexibility index (Phi) is 8.11. The van der Waals surface area contributed by atoms with Crippen LogP contribution in [0, 0.1) is 5.92 Å². The normalized spacial score (nSPS) is 11.8. The van der Waals surface area contributed by atoms with E-state index in [0.717, 1.165) is 44.6 Å². The molecule has 0 atom stereocenters. The maximum Gasteiger partial charge on any atom is 0.332 e. The predicted octanol–water partition coefficient (Wildman–Crippen LogP) is 3.08. The van der Waals surface area contributed by atoms with Crippen molar-refractivity contribution in [3.63, 3.8) is 0 Å². The molecule has 0 rings (SSSR count). The number of unbranched alkanes of at least 4 members (excludes halogenated alkanes) is 2. The first kappa shape index (κ1) is 15.7. The van der Waals surface area contributed by atoms with Gasteiger partial charge in [-0.15, -0.1) is 0 Å². The molecule has 0 spiro atoms. The highest BCUT2D eigenvalue weighted by Crippen LogP contribution is 2.24. The second kappa shape index (κ2) is 8.79. The zero-order valence-corrected chi connectivity index (χ0v) is 10.6. The summed E-state index contributed by atoms with van der Waals surface area (Å²) in [6.07, 6.45) is 6.19. The van der Waals surface area contributed by atoms with Crippen molar-refractivity contribution in [2.24, 2.45) is 5.92 Å². The van der Waals surface area contributed by atoms with Crippen molar-refractivity contribution in [2.45, 2.75) is 52.4 Å². The number of hydrogen-bond acceptors (Lipinski definition) is 2. The van der Waals surface area contributed by atoms with Crippen LogP contribution in [0.3, 0.4) is 0 Å². The topological polar surface area (TPSA) is 74.6 Å². The van der Waals surface area contributed by atoms with Crippen molar-refractivity contribution in [2.75, 3.05) is 0 Å². The van der Waals surface area contributed by atoms with Gasteiger partial charge in [-0.05, 0) is 18.8 Å². The molecule has 0 heterocycles. The molecule has 0 aromatic rings. The number of aliphatic carboxylic acids is 2. The van der Waals surface area contributed by atoms with E-state index in [2.05, 4.69) is 0 Å². The number of carboxylic acids is 2. The molecule has 2 N–H and O–H groups in total. The van der Waals surface area contributed by atoms with Crippen LogP contribution in [-0.2, 0) is 9.59 Å². The summed E-state index contributed by atoms with van der Waals surface area (Å²) >= 11 is 0. The van der Waals surface area contributed by atoms with Crippen molar-refractivity contribution < 1.29 is 19.8 Å². The van der Waals surface area contributed by atoms with Crippen LogP contribution >= 0.6 is 0 Å². The average Bonchev–Trinajstić information content (AvgIpc) is 2.26. The Labute approximate surface area is 102 Å². The first-order valence-electron chi connectivity index (χ1n) is 6.20. The van der Waals surface area contributed by atoms with Crippen LogP contribution in [0.2, 0.25) is 0 Å². The molecule has 0 amide bonds. The van der Waals surface area contributed by atoms with Crippen molar-refractivity contribution in [1.82, 2.24) is 0 Å². The molecule has 17 heavy (non-hydrogen) atoms. The summed E-state index contributed by atoms with van der Waals surface area (Å²) in [6, 6.07) is 0. The summed E-state index contributed by atoms with van der Waals surface area (Å²) in [6.45, 7) is 4.08. The highest BCUT2D eigenvalue weighted by Gasteiger charge is 2.20. The van der Waals surface area contributed by atoms with Crippen molar-refractivity contribution >= 4 is 11.9 Å². The van der Waals surface area contributed by atoms with Crippen LogP contribution < -0.4 is 0 Å². The molecule has 0 bridgehead atoms. The van der Waals surface area contributed by atoms with Gasteiger partial charge in [-0.1, -0.05) is 39.5 Å². The summed E-state index contributed by atoms with van der Waals surface area (Å²) in [5.74, 6) is -2.42. The van der Waals surface area contributed by atoms with Gasteiger partial charge in [0.15, 0.2) is 0 Å². The molecule has 0 saturated heterocycles. The number of hydrogen-bond donors (Lipinski definition) is 2. The molecule has 0 aromatic carbocycles. The lowest BCUT2D eigenvalue weighted by atomic mass is 9.88. The number of rotatable bonds is 9. The van der Waals surface area contributed by atoms with Crippen molar-refractivity contribution in [3.8, 4) is 0 Å². The standard InChI is InChI=1S/C13H22O4/c1-3-5-7-10(8-6-4-2)11(13(16)17)9-12(14)15/h9-10H,3-8H2,1-2H3,(H,14,15)(H,16,17)/b11-9-. The maximum absolute atomic E-state index is 11.1. The van der Waals surface area contributed by atoms with E-state index in [1.54, 1.807) is 0 Å². The number of carboxylic acid groups (broad SMARTS) is 2. The molecule has 98 valence electrons. The molecule has 0 aliphatic carbocycles. The monoisotopic (exact) mass is 242 g/mol. The second-order valence-electron chi connectivity index (χ2n) is 4.22. The maximum atomic E-state index is 11.1. The van der Waals surface area contributed by atoms with Gasteiger partial charge in [0.1, 0.15) is 0 Å². The summed E-state index contributed by atoms with van der Waals surface area (Å²) in [4.78, 5) is 21.7. The van der Waals surface area contributed by atoms with Gasteiger partial charge in [-0.3, -0.25) is 0 Å². The number of carbonyl (C=O) groups is 2. The molecule has 0 unspecified atom stereocenters. The highest BCUT2D eigenvalue weighted by atomic mass is 16.4. The molecule has 4 heteroatoms. The van der Waals surface area contributed by atoms with Crippen molar-refractivity contribution in [1.29, 1.82) is 0 Å². The average molecular weight is 242 g/mol. The predicted molar refractivity (Wildman–Crippen MR) is 65.9 cm³/mol. The van der Waals surface area contributed by atoms with Gasteiger partial charge < -0.3 is 10.2 Å². The Bertz CT molecular complexity index is 273. The SMILES string of the molecule is CCCCC(CCCC)/C(=C/C(=O)O)C(=O)O. The first-order chi connectivity index (χ1) is 8.02. The second-order valence-corrected chi connectivity index (χ2v) is 4.22. The summed E-state index contributed by atoms with van der Waals surface area (Å²) < 4.78 is 0. The van der Waals surface area contributed by atoms with Crippen LogP contribution in [0.5, 0.6) is 0 Å². The molecular weight excluding hydrogens is 220 g/mol. The molecule has 0 aromatic heterocycles. The molecule has 0 radical (unpaired) electrons. The van der Waals surface area contributed by atoms with Gasteiger partial charge in [0.05, 0.1) is 0 Å². The third-order valence-corrected chi connectivity index (χ3v) is 2.78. The van der Waals surface area contributed by atoms with E-state index < -0.39 is 11.9 Å². The van der Waals surface area contributed by atoms with E-state index >= 15 is 0 Å². The van der Waals surface area contributed by atoms with Crippen molar-refractivity contribution in [3.05, 3.63) is 11.6 Å². The minimum Gasteiger partial charge on any atom is -0.478 e. The quantitative estimate of drug-likeness (QED) is 0.609. The van der Waals surface area contributed by atoms with E-state index in [1.165, 1.54) is 0 Å². The molecule has 0 aliphatic rings. The smallest absolute Gasteiger partial charge is 0.332 e. The zero-order chi connectivity index (χ0) is 13.3. The highest BCUT2D eigenvalue weighted by molar-refractivity contribution is 5.95. The third kappa shape index (κ3) is 6.76.